The minimum atomic E-state index is -3.42. The summed E-state index contributed by atoms with van der Waals surface area (Å²) < 4.78 is 25.5. The summed E-state index contributed by atoms with van der Waals surface area (Å²) in [6, 6.07) is 6.44. The normalized spacial score (nSPS) is 17.0. The Morgan fingerprint density at radius 2 is 1.90 bits per heavy atom. The van der Waals surface area contributed by atoms with Crippen molar-refractivity contribution in [3.05, 3.63) is 24.3 Å². The molecule has 0 spiro atoms. The van der Waals surface area contributed by atoms with Crippen molar-refractivity contribution in [2.45, 2.75) is 30.6 Å². The molecule has 0 radical (unpaired) electrons. The van der Waals surface area contributed by atoms with Gasteiger partial charge in [0.2, 0.25) is 10.0 Å². The van der Waals surface area contributed by atoms with Gasteiger partial charge in [0.1, 0.15) is 0 Å². The minimum absolute atomic E-state index is 0.165. The molecule has 0 heterocycles. The van der Waals surface area contributed by atoms with E-state index in [0.29, 0.717) is 6.54 Å². The average molecular weight is 312 g/mol. The number of aliphatic carboxylic acids is 1. The number of nitrogens with one attached hydrogen (secondary N) is 2. The SMILES string of the molecule is CNS(=O)(=O)c1ccc(NCC2(CC(=O)O)CCC2)cc1. The molecule has 116 valence electrons. The van der Waals surface area contributed by atoms with Crippen LogP contribution in [0.25, 0.3) is 0 Å². The fourth-order valence-electron chi connectivity index (χ4n) is 2.57. The molecule has 6 nitrogen and oxygen atoms in total. The largest absolute Gasteiger partial charge is 0.481 e. The lowest BCUT2D eigenvalue weighted by molar-refractivity contribution is -0.141. The quantitative estimate of drug-likeness (QED) is 0.711. The zero-order valence-corrected chi connectivity index (χ0v) is 12.7. The smallest absolute Gasteiger partial charge is 0.303 e. The van der Waals surface area contributed by atoms with Gasteiger partial charge < -0.3 is 10.4 Å². The summed E-state index contributed by atoms with van der Waals surface area (Å²) in [5.41, 5.74) is 0.628. The molecular formula is C14H20N2O4S. The predicted octanol–water partition coefficient (Wildman–Crippen LogP) is 1.65. The summed E-state index contributed by atoms with van der Waals surface area (Å²) in [5.74, 6) is -0.771. The molecular weight excluding hydrogens is 292 g/mol. The van der Waals surface area contributed by atoms with Crippen LogP contribution in [0.3, 0.4) is 0 Å². The number of hydrogen-bond donors (Lipinski definition) is 3. The molecule has 1 fully saturated rings. The molecule has 0 atom stereocenters. The molecule has 0 aliphatic heterocycles. The van der Waals surface area contributed by atoms with Gasteiger partial charge in [0, 0.05) is 12.2 Å². The van der Waals surface area contributed by atoms with Crippen molar-refractivity contribution in [2.75, 3.05) is 18.9 Å². The predicted molar refractivity (Wildman–Crippen MR) is 79.7 cm³/mol. The number of carboxylic acids is 1. The standard InChI is InChI=1S/C14H20N2O4S/c1-15-21(19,20)12-5-3-11(4-6-12)16-10-14(7-2-8-14)9-13(17)18/h3-6,15-16H,2,7-10H2,1H3,(H,17,18). The average Bonchev–Trinajstić information content (AvgIpc) is 2.41. The van der Waals surface area contributed by atoms with E-state index in [9.17, 15) is 13.2 Å². The monoisotopic (exact) mass is 312 g/mol. The van der Waals surface area contributed by atoms with Crippen LogP contribution < -0.4 is 10.0 Å². The highest BCUT2D eigenvalue weighted by atomic mass is 32.2. The Balaban J connectivity index is 1.99. The van der Waals surface area contributed by atoms with Gasteiger partial charge in [0.15, 0.2) is 0 Å². The molecule has 0 unspecified atom stereocenters. The van der Waals surface area contributed by atoms with E-state index in [1.807, 2.05) is 0 Å². The molecule has 0 bridgehead atoms. The third-order valence-electron chi connectivity index (χ3n) is 4.04. The van der Waals surface area contributed by atoms with Crippen molar-refractivity contribution in [1.29, 1.82) is 0 Å². The fourth-order valence-corrected chi connectivity index (χ4v) is 3.30. The number of carboxylic acid groups (broad SMARTS) is 1. The summed E-state index contributed by atoms with van der Waals surface area (Å²) in [5, 5.41) is 12.2. The van der Waals surface area contributed by atoms with Crippen LogP contribution in [-0.4, -0.2) is 33.1 Å². The Morgan fingerprint density at radius 3 is 2.33 bits per heavy atom. The zero-order valence-electron chi connectivity index (χ0n) is 11.9. The second kappa shape index (κ2) is 6.03. The molecule has 1 saturated carbocycles. The maximum atomic E-state index is 11.6. The van der Waals surface area contributed by atoms with Crippen molar-refractivity contribution < 1.29 is 18.3 Å². The summed E-state index contributed by atoms with van der Waals surface area (Å²) in [7, 11) is -2.05. The van der Waals surface area contributed by atoms with Crippen molar-refractivity contribution in [1.82, 2.24) is 4.72 Å². The number of rotatable bonds is 7. The summed E-state index contributed by atoms with van der Waals surface area (Å²) in [6.07, 6.45) is 3.07. The van der Waals surface area contributed by atoms with Crippen LogP contribution in [-0.2, 0) is 14.8 Å². The number of sulfonamides is 1. The lowest BCUT2D eigenvalue weighted by atomic mass is 9.66. The first-order valence-electron chi connectivity index (χ1n) is 6.86. The highest BCUT2D eigenvalue weighted by molar-refractivity contribution is 7.89. The van der Waals surface area contributed by atoms with Crippen LogP contribution in [0.5, 0.6) is 0 Å². The Labute approximate surface area is 124 Å². The summed E-state index contributed by atoms with van der Waals surface area (Å²) in [4.78, 5) is 11.1. The molecule has 0 aromatic heterocycles. The van der Waals surface area contributed by atoms with E-state index in [1.165, 1.54) is 19.2 Å². The highest BCUT2D eigenvalue weighted by Crippen LogP contribution is 2.44. The van der Waals surface area contributed by atoms with Crippen molar-refractivity contribution >= 4 is 21.7 Å². The maximum absolute atomic E-state index is 11.6. The van der Waals surface area contributed by atoms with Gasteiger partial charge in [-0.05, 0) is 49.6 Å². The van der Waals surface area contributed by atoms with Crippen molar-refractivity contribution in [3.63, 3.8) is 0 Å². The molecule has 21 heavy (non-hydrogen) atoms. The molecule has 1 aromatic rings. The number of benzene rings is 1. The first-order valence-corrected chi connectivity index (χ1v) is 8.35. The highest BCUT2D eigenvalue weighted by Gasteiger charge is 2.38. The molecule has 1 aliphatic rings. The third kappa shape index (κ3) is 3.74. The molecule has 7 heteroatoms. The van der Waals surface area contributed by atoms with Crippen LogP contribution in [0, 0.1) is 5.41 Å². The molecule has 3 N–H and O–H groups in total. The van der Waals surface area contributed by atoms with E-state index in [0.717, 1.165) is 24.9 Å². The van der Waals surface area contributed by atoms with E-state index >= 15 is 0 Å². The van der Waals surface area contributed by atoms with Crippen LogP contribution in [0.4, 0.5) is 5.69 Å². The van der Waals surface area contributed by atoms with Crippen LogP contribution in [0.15, 0.2) is 29.2 Å². The Kier molecular flexibility index (Phi) is 4.53. The van der Waals surface area contributed by atoms with E-state index in [2.05, 4.69) is 10.0 Å². The number of anilines is 1. The first-order chi connectivity index (χ1) is 9.87. The van der Waals surface area contributed by atoms with Gasteiger partial charge in [-0.25, -0.2) is 13.1 Å². The maximum Gasteiger partial charge on any atom is 0.303 e. The second-order valence-corrected chi connectivity index (χ2v) is 7.40. The topological polar surface area (TPSA) is 95.5 Å². The third-order valence-corrected chi connectivity index (χ3v) is 5.47. The van der Waals surface area contributed by atoms with E-state index in [-0.39, 0.29) is 16.7 Å². The Bertz CT molecular complexity index is 606. The van der Waals surface area contributed by atoms with Gasteiger partial charge in [-0.2, -0.15) is 0 Å². The van der Waals surface area contributed by atoms with Gasteiger partial charge in [0.05, 0.1) is 11.3 Å². The fraction of sp³-hybridized carbons (Fsp3) is 0.500. The molecule has 2 rings (SSSR count). The Hall–Kier alpha value is -1.60. The van der Waals surface area contributed by atoms with Gasteiger partial charge in [0.25, 0.3) is 0 Å². The van der Waals surface area contributed by atoms with Crippen molar-refractivity contribution in [2.24, 2.45) is 5.41 Å². The molecule has 1 aliphatic carbocycles. The van der Waals surface area contributed by atoms with Gasteiger partial charge in [-0.15, -0.1) is 0 Å². The molecule has 0 saturated heterocycles. The first kappa shape index (κ1) is 15.8. The van der Waals surface area contributed by atoms with Gasteiger partial charge >= 0.3 is 5.97 Å². The molecule has 0 amide bonds. The number of carbonyl (C=O) groups is 1. The second-order valence-electron chi connectivity index (χ2n) is 5.51. The van der Waals surface area contributed by atoms with E-state index < -0.39 is 16.0 Å². The molecule has 1 aromatic carbocycles. The van der Waals surface area contributed by atoms with E-state index in [4.69, 9.17) is 5.11 Å². The van der Waals surface area contributed by atoms with Crippen molar-refractivity contribution in [3.8, 4) is 0 Å². The van der Waals surface area contributed by atoms with Gasteiger partial charge in [-0.1, -0.05) is 6.42 Å². The summed E-state index contributed by atoms with van der Waals surface area (Å²) >= 11 is 0. The number of hydrogen-bond acceptors (Lipinski definition) is 4. The van der Waals surface area contributed by atoms with Crippen LogP contribution in [0.1, 0.15) is 25.7 Å². The minimum Gasteiger partial charge on any atom is -0.481 e. The lowest BCUT2D eigenvalue weighted by Gasteiger charge is -2.41. The summed E-state index contributed by atoms with van der Waals surface area (Å²) in [6.45, 7) is 0.595. The Morgan fingerprint density at radius 1 is 1.29 bits per heavy atom. The van der Waals surface area contributed by atoms with Crippen LogP contribution >= 0.6 is 0 Å². The zero-order chi connectivity index (χ0) is 15.5. The van der Waals surface area contributed by atoms with Gasteiger partial charge in [-0.3, -0.25) is 4.79 Å². The lowest BCUT2D eigenvalue weighted by Crippen LogP contribution is -2.38. The van der Waals surface area contributed by atoms with E-state index in [1.54, 1.807) is 12.1 Å². The van der Waals surface area contributed by atoms with Crippen LogP contribution in [0.2, 0.25) is 0 Å².